The van der Waals surface area contributed by atoms with Crippen molar-refractivity contribution in [2.45, 2.75) is 52.3 Å². The molecule has 1 aromatic rings. The smallest absolute Gasteiger partial charge is 0.410 e. The number of hydrogen-bond acceptors (Lipinski definition) is 6. The number of rotatable bonds is 1. The summed E-state index contributed by atoms with van der Waals surface area (Å²) in [4.78, 5) is 20.5. The van der Waals surface area contributed by atoms with Crippen molar-refractivity contribution >= 4 is 27.6 Å². The van der Waals surface area contributed by atoms with E-state index >= 15 is 0 Å². The lowest BCUT2D eigenvalue weighted by Gasteiger charge is -2.44. The third kappa shape index (κ3) is 3.78. The average molecular weight is 312 g/mol. The number of nitrogens with zero attached hydrogens (tertiary/aromatic N) is 3. The van der Waals surface area contributed by atoms with Crippen molar-refractivity contribution < 1.29 is 9.53 Å². The molecular weight excluding hydrogens is 288 g/mol. The molecule has 21 heavy (non-hydrogen) atoms. The highest BCUT2D eigenvalue weighted by Crippen LogP contribution is 2.29. The maximum absolute atomic E-state index is 12.3. The first kappa shape index (κ1) is 15.9. The largest absolute Gasteiger partial charge is 0.444 e. The number of nitrogens with two attached hydrogens (primary N) is 1. The Bertz CT molecular complexity index is 499. The molecule has 0 bridgehead atoms. The Hall–Kier alpha value is -1.50. The lowest BCUT2D eigenvalue weighted by Crippen LogP contribution is -2.59. The van der Waals surface area contributed by atoms with Crippen LogP contribution in [0.3, 0.4) is 0 Å². The molecular formula is C14H24N4O2S. The maximum Gasteiger partial charge on any atom is 0.410 e. The summed E-state index contributed by atoms with van der Waals surface area (Å²) in [6.45, 7) is 11.2. The monoisotopic (exact) mass is 312 g/mol. The summed E-state index contributed by atoms with van der Waals surface area (Å²) < 4.78 is 5.50. The van der Waals surface area contributed by atoms with Gasteiger partial charge in [-0.15, -0.1) is 0 Å². The van der Waals surface area contributed by atoms with Crippen molar-refractivity contribution in [2.24, 2.45) is 0 Å². The second-order valence-corrected chi connectivity index (χ2v) is 7.57. The Morgan fingerprint density at radius 3 is 2.38 bits per heavy atom. The number of hydrogen-bond donors (Lipinski definition) is 1. The summed E-state index contributed by atoms with van der Waals surface area (Å²) in [5.74, 6) is 0. The molecule has 6 nitrogen and oxygen atoms in total. The Morgan fingerprint density at radius 2 is 1.95 bits per heavy atom. The molecule has 0 spiro atoms. The summed E-state index contributed by atoms with van der Waals surface area (Å²) in [6.07, 6.45) is 1.55. The SMILES string of the molecule is CC1CN(c2cnc(N)s2)CC(C)N1C(=O)OC(C)(C)C. The summed E-state index contributed by atoms with van der Waals surface area (Å²) in [5, 5.41) is 1.62. The molecule has 1 saturated heterocycles. The molecule has 1 aliphatic heterocycles. The Kier molecular flexibility index (Phi) is 4.32. The van der Waals surface area contributed by atoms with Gasteiger partial charge in [-0.1, -0.05) is 11.3 Å². The van der Waals surface area contributed by atoms with Gasteiger partial charge in [0.05, 0.1) is 18.3 Å². The van der Waals surface area contributed by atoms with Gasteiger partial charge in [-0.2, -0.15) is 0 Å². The van der Waals surface area contributed by atoms with Crippen LogP contribution in [0.15, 0.2) is 6.20 Å². The zero-order chi connectivity index (χ0) is 15.8. The van der Waals surface area contributed by atoms with Crippen LogP contribution in [0.2, 0.25) is 0 Å². The lowest BCUT2D eigenvalue weighted by molar-refractivity contribution is 0.00571. The van der Waals surface area contributed by atoms with Crippen LogP contribution < -0.4 is 10.6 Å². The van der Waals surface area contributed by atoms with E-state index in [0.29, 0.717) is 5.13 Å². The van der Waals surface area contributed by atoms with E-state index in [1.165, 1.54) is 11.3 Å². The molecule has 118 valence electrons. The van der Waals surface area contributed by atoms with E-state index in [1.54, 1.807) is 6.20 Å². The molecule has 1 aromatic heterocycles. The van der Waals surface area contributed by atoms with Crippen LogP contribution in [0.1, 0.15) is 34.6 Å². The van der Waals surface area contributed by atoms with Gasteiger partial charge in [-0.3, -0.25) is 4.90 Å². The van der Waals surface area contributed by atoms with E-state index in [1.807, 2.05) is 39.5 Å². The number of ether oxygens (including phenoxy) is 1. The molecule has 0 saturated carbocycles. The fourth-order valence-corrected chi connectivity index (χ4v) is 3.31. The van der Waals surface area contributed by atoms with Gasteiger partial charge in [-0.25, -0.2) is 9.78 Å². The Morgan fingerprint density at radius 1 is 1.38 bits per heavy atom. The highest BCUT2D eigenvalue weighted by atomic mass is 32.1. The number of amides is 1. The van der Waals surface area contributed by atoms with Crippen molar-refractivity contribution in [1.82, 2.24) is 9.88 Å². The lowest BCUT2D eigenvalue weighted by atomic mass is 10.1. The van der Waals surface area contributed by atoms with Crippen molar-refractivity contribution in [3.8, 4) is 0 Å². The van der Waals surface area contributed by atoms with Gasteiger partial charge in [0.2, 0.25) is 0 Å². The Labute approximate surface area is 129 Å². The summed E-state index contributed by atoms with van der Waals surface area (Å²) >= 11 is 1.48. The van der Waals surface area contributed by atoms with Crippen LogP contribution in [-0.2, 0) is 4.74 Å². The Balaban J connectivity index is 2.07. The average Bonchev–Trinajstić information content (AvgIpc) is 2.72. The predicted octanol–water partition coefficient (Wildman–Crippen LogP) is 2.56. The predicted molar refractivity (Wildman–Crippen MR) is 85.7 cm³/mol. The van der Waals surface area contributed by atoms with E-state index in [0.717, 1.165) is 18.1 Å². The first-order valence-corrected chi connectivity index (χ1v) is 7.96. The second kappa shape index (κ2) is 5.71. The quantitative estimate of drug-likeness (QED) is 0.863. The number of carbonyl (C=O) groups excluding carboxylic acids is 1. The molecule has 0 aromatic carbocycles. The van der Waals surface area contributed by atoms with E-state index in [2.05, 4.69) is 9.88 Å². The highest BCUT2D eigenvalue weighted by molar-refractivity contribution is 7.19. The first-order valence-electron chi connectivity index (χ1n) is 7.15. The fraction of sp³-hybridized carbons (Fsp3) is 0.714. The number of piperazine rings is 1. The van der Waals surface area contributed by atoms with Crippen molar-refractivity contribution in [2.75, 3.05) is 23.7 Å². The molecule has 7 heteroatoms. The number of anilines is 2. The van der Waals surface area contributed by atoms with E-state index < -0.39 is 5.60 Å². The number of carbonyl (C=O) groups is 1. The van der Waals surface area contributed by atoms with Gasteiger partial charge in [0.15, 0.2) is 5.13 Å². The highest BCUT2D eigenvalue weighted by Gasteiger charge is 2.36. The number of aromatic nitrogens is 1. The van der Waals surface area contributed by atoms with Gasteiger partial charge in [0, 0.05) is 13.1 Å². The summed E-state index contributed by atoms with van der Waals surface area (Å²) in [6, 6.07) is 0.152. The molecule has 2 N–H and O–H groups in total. The van der Waals surface area contributed by atoms with Crippen LogP contribution >= 0.6 is 11.3 Å². The molecule has 1 fully saturated rings. The minimum Gasteiger partial charge on any atom is -0.444 e. The van der Waals surface area contributed by atoms with E-state index in [4.69, 9.17) is 10.5 Å². The molecule has 0 aliphatic carbocycles. The first-order chi connectivity index (χ1) is 9.67. The topological polar surface area (TPSA) is 71.7 Å². The molecule has 1 amide bonds. The molecule has 2 rings (SSSR count). The number of nitrogen functional groups attached to an aromatic ring is 1. The van der Waals surface area contributed by atoms with Crippen LogP contribution in [0, 0.1) is 0 Å². The van der Waals surface area contributed by atoms with Crippen LogP contribution in [0.25, 0.3) is 0 Å². The standard InChI is InChI=1S/C14H24N4O2S/c1-9-7-17(11-6-16-12(15)21-11)8-10(2)18(9)13(19)20-14(3,4)5/h6,9-10H,7-8H2,1-5H3,(H2,15,16). The van der Waals surface area contributed by atoms with Crippen molar-refractivity contribution in [3.05, 3.63) is 6.20 Å². The normalized spacial score (nSPS) is 23.3. The zero-order valence-electron chi connectivity index (χ0n) is 13.3. The minimum absolute atomic E-state index is 0.0759. The molecule has 2 atom stereocenters. The van der Waals surface area contributed by atoms with Gasteiger partial charge < -0.3 is 15.4 Å². The summed E-state index contributed by atoms with van der Waals surface area (Å²) in [5.41, 5.74) is 5.22. The van der Waals surface area contributed by atoms with E-state index in [-0.39, 0.29) is 18.2 Å². The van der Waals surface area contributed by atoms with Crippen LogP contribution in [-0.4, -0.2) is 46.8 Å². The maximum atomic E-state index is 12.3. The van der Waals surface area contributed by atoms with Crippen molar-refractivity contribution in [1.29, 1.82) is 0 Å². The van der Waals surface area contributed by atoms with Gasteiger partial charge in [-0.05, 0) is 34.6 Å². The van der Waals surface area contributed by atoms with Crippen LogP contribution in [0.5, 0.6) is 0 Å². The van der Waals surface area contributed by atoms with Crippen LogP contribution in [0.4, 0.5) is 14.9 Å². The minimum atomic E-state index is -0.472. The molecule has 2 heterocycles. The second-order valence-electron chi connectivity index (χ2n) is 6.53. The number of thiazole rings is 1. The van der Waals surface area contributed by atoms with Gasteiger partial charge in [0.25, 0.3) is 0 Å². The fourth-order valence-electron chi connectivity index (χ4n) is 2.60. The molecule has 0 radical (unpaired) electrons. The van der Waals surface area contributed by atoms with E-state index in [9.17, 15) is 4.79 Å². The van der Waals surface area contributed by atoms with Crippen molar-refractivity contribution in [3.63, 3.8) is 0 Å². The van der Waals surface area contributed by atoms with Gasteiger partial charge >= 0.3 is 6.09 Å². The zero-order valence-corrected chi connectivity index (χ0v) is 14.1. The van der Waals surface area contributed by atoms with Gasteiger partial charge in [0.1, 0.15) is 10.6 Å². The third-order valence-corrected chi connectivity index (χ3v) is 4.23. The molecule has 2 unspecified atom stereocenters. The third-order valence-electron chi connectivity index (χ3n) is 3.35. The summed E-state index contributed by atoms with van der Waals surface area (Å²) in [7, 11) is 0. The molecule has 1 aliphatic rings.